The smallest absolute Gasteiger partial charge is 0.0700 e. The molecule has 0 aliphatic carbocycles. The highest BCUT2D eigenvalue weighted by atomic mass is 35.5. The summed E-state index contributed by atoms with van der Waals surface area (Å²) < 4.78 is 0. The van der Waals surface area contributed by atoms with Crippen LogP contribution in [0.3, 0.4) is 0 Å². The van der Waals surface area contributed by atoms with Gasteiger partial charge in [-0.3, -0.25) is 0 Å². The van der Waals surface area contributed by atoms with Crippen LogP contribution in [0.4, 0.5) is 5.69 Å². The average molecular weight is 181 g/mol. The Hall–Kier alpha value is -1.20. The van der Waals surface area contributed by atoms with Crippen LogP contribution in [0.25, 0.3) is 0 Å². The molecule has 1 atom stereocenters. The SMILES string of the molecule is CC(C#N)c1ccc(Cl)c(N)c1. The predicted octanol–water partition coefficient (Wildman–Crippen LogP) is 2.55. The van der Waals surface area contributed by atoms with Gasteiger partial charge in [-0.15, -0.1) is 0 Å². The van der Waals surface area contributed by atoms with Crippen molar-refractivity contribution in [1.82, 2.24) is 0 Å². The Kier molecular flexibility index (Phi) is 2.57. The molecule has 1 aromatic rings. The zero-order valence-corrected chi connectivity index (χ0v) is 7.47. The molecule has 0 saturated heterocycles. The van der Waals surface area contributed by atoms with Crippen molar-refractivity contribution >= 4 is 17.3 Å². The molecule has 0 heterocycles. The van der Waals surface area contributed by atoms with E-state index < -0.39 is 0 Å². The van der Waals surface area contributed by atoms with E-state index in [1.165, 1.54) is 0 Å². The molecule has 3 heteroatoms. The van der Waals surface area contributed by atoms with Crippen molar-refractivity contribution in [2.45, 2.75) is 12.8 Å². The lowest BCUT2D eigenvalue weighted by atomic mass is 10.0. The first kappa shape index (κ1) is 8.89. The Bertz CT molecular complexity index is 328. The second kappa shape index (κ2) is 3.46. The third-order valence-corrected chi connectivity index (χ3v) is 2.06. The molecule has 0 saturated carbocycles. The summed E-state index contributed by atoms with van der Waals surface area (Å²) in [5.41, 5.74) is 7.00. The molecule has 2 nitrogen and oxygen atoms in total. The van der Waals surface area contributed by atoms with Gasteiger partial charge in [-0.05, 0) is 24.6 Å². The maximum absolute atomic E-state index is 8.62. The monoisotopic (exact) mass is 180 g/mol. The fraction of sp³-hybridized carbons (Fsp3) is 0.222. The third-order valence-electron chi connectivity index (χ3n) is 1.71. The number of nitrogens with zero attached hydrogens (tertiary/aromatic N) is 1. The Morgan fingerprint density at radius 1 is 1.58 bits per heavy atom. The van der Waals surface area contributed by atoms with Gasteiger partial charge >= 0.3 is 0 Å². The van der Waals surface area contributed by atoms with Gasteiger partial charge in [0.1, 0.15) is 0 Å². The van der Waals surface area contributed by atoms with Crippen molar-refractivity contribution in [2.24, 2.45) is 0 Å². The molecule has 0 fully saturated rings. The van der Waals surface area contributed by atoms with Crippen LogP contribution in [0, 0.1) is 11.3 Å². The minimum Gasteiger partial charge on any atom is -0.398 e. The quantitative estimate of drug-likeness (QED) is 0.676. The van der Waals surface area contributed by atoms with Gasteiger partial charge in [0.2, 0.25) is 0 Å². The lowest BCUT2D eigenvalue weighted by molar-refractivity contribution is 0.983. The van der Waals surface area contributed by atoms with E-state index in [2.05, 4.69) is 6.07 Å². The van der Waals surface area contributed by atoms with Crippen LogP contribution in [0.15, 0.2) is 18.2 Å². The van der Waals surface area contributed by atoms with Crippen LogP contribution < -0.4 is 5.73 Å². The largest absolute Gasteiger partial charge is 0.398 e. The highest BCUT2D eigenvalue weighted by molar-refractivity contribution is 6.33. The Balaban J connectivity index is 3.06. The van der Waals surface area contributed by atoms with Crippen LogP contribution in [0.1, 0.15) is 18.4 Å². The van der Waals surface area contributed by atoms with Gasteiger partial charge in [0.15, 0.2) is 0 Å². The molecule has 0 amide bonds. The summed E-state index contributed by atoms with van der Waals surface area (Å²) in [6.45, 7) is 1.82. The lowest BCUT2D eigenvalue weighted by Gasteiger charge is -2.04. The average Bonchev–Trinajstić information content (AvgIpc) is 2.08. The van der Waals surface area contributed by atoms with Crippen LogP contribution >= 0.6 is 11.6 Å². The summed E-state index contributed by atoms with van der Waals surface area (Å²) in [7, 11) is 0. The van der Waals surface area contributed by atoms with Gasteiger partial charge in [0.05, 0.1) is 22.7 Å². The molecule has 0 aliphatic heterocycles. The van der Waals surface area contributed by atoms with E-state index in [9.17, 15) is 0 Å². The summed E-state index contributed by atoms with van der Waals surface area (Å²) in [5.74, 6) is -0.135. The van der Waals surface area contributed by atoms with E-state index in [1.807, 2.05) is 13.0 Å². The second-order valence-corrected chi connectivity index (χ2v) is 3.04. The molecular formula is C9H9ClN2. The Morgan fingerprint density at radius 2 is 2.25 bits per heavy atom. The van der Waals surface area contributed by atoms with E-state index in [0.717, 1.165) is 5.56 Å². The molecule has 62 valence electrons. The van der Waals surface area contributed by atoms with E-state index in [0.29, 0.717) is 10.7 Å². The zero-order valence-electron chi connectivity index (χ0n) is 6.71. The maximum Gasteiger partial charge on any atom is 0.0700 e. The first-order valence-corrected chi connectivity index (χ1v) is 3.97. The molecule has 1 unspecified atom stereocenters. The zero-order chi connectivity index (χ0) is 9.14. The number of nitriles is 1. The van der Waals surface area contributed by atoms with Crippen molar-refractivity contribution < 1.29 is 0 Å². The van der Waals surface area contributed by atoms with Crippen LogP contribution in [-0.4, -0.2) is 0 Å². The lowest BCUT2D eigenvalue weighted by Crippen LogP contribution is -1.92. The molecule has 1 rings (SSSR count). The molecular weight excluding hydrogens is 172 g/mol. The fourth-order valence-corrected chi connectivity index (χ4v) is 1.02. The predicted molar refractivity (Wildman–Crippen MR) is 49.9 cm³/mol. The molecule has 2 N–H and O–H groups in total. The summed E-state index contributed by atoms with van der Waals surface area (Å²) in [6.07, 6.45) is 0. The summed E-state index contributed by atoms with van der Waals surface area (Å²) in [5, 5.41) is 9.16. The molecule has 0 aliphatic rings. The van der Waals surface area contributed by atoms with Crippen LogP contribution in [0.5, 0.6) is 0 Å². The first-order valence-electron chi connectivity index (χ1n) is 3.59. The van der Waals surface area contributed by atoms with Gasteiger partial charge in [0.25, 0.3) is 0 Å². The van der Waals surface area contributed by atoms with Gasteiger partial charge < -0.3 is 5.73 Å². The summed E-state index contributed by atoms with van der Waals surface area (Å²) >= 11 is 5.72. The minimum atomic E-state index is -0.135. The van der Waals surface area contributed by atoms with Gasteiger partial charge in [-0.25, -0.2) is 0 Å². The van der Waals surface area contributed by atoms with Crippen LogP contribution in [-0.2, 0) is 0 Å². The van der Waals surface area contributed by atoms with Gasteiger partial charge in [-0.1, -0.05) is 17.7 Å². The second-order valence-electron chi connectivity index (χ2n) is 2.63. The molecule has 0 spiro atoms. The number of hydrogen-bond acceptors (Lipinski definition) is 2. The number of nitrogens with two attached hydrogens (primary N) is 1. The highest BCUT2D eigenvalue weighted by Crippen LogP contribution is 2.23. The summed E-state index contributed by atoms with van der Waals surface area (Å²) in [6, 6.07) is 7.38. The molecule has 1 aromatic carbocycles. The van der Waals surface area contributed by atoms with Crippen molar-refractivity contribution in [3.63, 3.8) is 0 Å². The van der Waals surface area contributed by atoms with Crippen molar-refractivity contribution in [2.75, 3.05) is 5.73 Å². The normalized spacial score (nSPS) is 12.1. The number of nitrogen functional groups attached to an aromatic ring is 1. The maximum atomic E-state index is 8.62. The number of benzene rings is 1. The van der Waals surface area contributed by atoms with E-state index in [-0.39, 0.29) is 5.92 Å². The number of anilines is 1. The van der Waals surface area contributed by atoms with E-state index >= 15 is 0 Å². The molecule has 0 radical (unpaired) electrons. The third kappa shape index (κ3) is 1.69. The van der Waals surface area contributed by atoms with Crippen molar-refractivity contribution in [1.29, 1.82) is 5.26 Å². The number of rotatable bonds is 1. The molecule has 12 heavy (non-hydrogen) atoms. The van der Waals surface area contributed by atoms with Gasteiger partial charge in [-0.2, -0.15) is 5.26 Å². The van der Waals surface area contributed by atoms with Crippen LogP contribution in [0.2, 0.25) is 5.02 Å². The van der Waals surface area contributed by atoms with Crippen molar-refractivity contribution in [3.8, 4) is 6.07 Å². The highest BCUT2D eigenvalue weighted by Gasteiger charge is 2.04. The fourth-order valence-electron chi connectivity index (χ4n) is 0.906. The van der Waals surface area contributed by atoms with Crippen molar-refractivity contribution in [3.05, 3.63) is 28.8 Å². The number of halogens is 1. The summed E-state index contributed by atoms with van der Waals surface area (Å²) in [4.78, 5) is 0. The van der Waals surface area contributed by atoms with E-state index in [1.54, 1.807) is 12.1 Å². The Labute approximate surface area is 76.6 Å². The molecule has 0 bridgehead atoms. The molecule has 0 aromatic heterocycles. The standard InChI is InChI=1S/C9H9ClN2/c1-6(5-11)7-2-3-8(10)9(12)4-7/h2-4,6H,12H2,1H3. The first-order chi connectivity index (χ1) is 5.65. The number of hydrogen-bond donors (Lipinski definition) is 1. The van der Waals surface area contributed by atoms with Gasteiger partial charge in [0, 0.05) is 0 Å². The van der Waals surface area contributed by atoms with E-state index in [4.69, 9.17) is 22.6 Å². The Morgan fingerprint density at radius 3 is 2.75 bits per heavy atom. The topological polar surface area (TPSA) is 49.8 Å². The minimum absolute atomic E-state index is 0.135.